The van der Waals surface area contributed by atoms with Gasteiger partial charge in [0.2, 0.25) is 9.84 Å². The Kier molecular flexibility index (Phi) is 4.21. The van der Waals surface area contributed by atoms with Gasteiger partial charge in [0.15, 0.2) is 0 Å². The number of hydrogen-bond donors (Lipinski definition) is 1. The van der Waals surface area contributed by atoms with E-state index < -0.39 is 21.6 Å². The largest absolute Gasteiger partial charge is 0.321 e. The number of nitrogens with one attached hydrogen (secondary N) is 1. The van der Waals surface area contributed by atoms with Crippen LogP contribution in [-0.4, -0.2) is 14.3 Å². The number of amides is 1. The first-order valence-corrected chi connectivity index (χ1v) is 8.70. The SMILES string of the molecule is N#CC(=Cc1ccccc1F)C(=O)Nc1ccc2c(c1)S(=O)(=O)C=C2. The van der Waals surface area contributed by atoms with Crippen LogP contribution in [0.15, 0.2) is 58.3 Å². The van der Waals surface area contributed by atoms with Crippen molar-refractivity contribution in [3.8, 4) is 6.07 Å². The first-order chi connectivity index (χ1) is 11.9. The Morgan fingerprint density at radius 2 is 1.96 bits per heavy atom. The minimum atomic E-state index is -3.50. The maximum Gasteiger partial charge on any atom is 0.266 e. The van der Waals surface area contributed by atoms with Crippen LogP contribution >= 0.6 is 0 Å². The molecule has 25 heavy (non-hydrogen) atoms. The van der Waals surface area contributed by atoms with Crippen molar-refractivity contribution in [2.75, 3.05) is 5.32 Å². The van der Waals surface area contributed by atoms with Crippen LogP contribution in [0.2, 0.25) is 0 Å². The second kappa shape index (κ2) is 6.34. The van der Waals surface area contributed by atoms with Crippen molar-refractivity contribution in [2.45, 2.75) is 4.90 Å². The van der Waals surface area contributed by atoms with E-state index in [0.717, 1.165) is 11.5 Å². The Bertz CT molecular complexity index is 1080. The molecule has 0 saturated carbocycles. The molecule has 0 radical (unpaired) electrons. The quantitative estimate of drug-likeness (QED) is 0.678. The van der Waals surface area contributed by atoms with Gasteiger partial charge in [0.25, 0.3) is 5.91 Å². The minimum absolute atomic E-state index is 0.0851. The Morgan fingerprint density at radius 3 is 2.68 bits per heavy atom. The number of sulfone groups is 1. The van der Waals surface area contributed by atoms with Crippen LogP contribution in [0.5, 0.6) is 0 Å². The third kappa shape index (κ3) is 3.34. The van der Waals surface area contributed by atoms with Crippen molar-refractivity contribution in [2.24, 2.45) is 0 Å². The molecule has 0 spiro atoms. The number of hydrogen-bond acceptors (Lipinski definition) is 4. The van der Waals surface area contributed by atoms with Gasteiger partial charge >= 0.3 is 0 Å². The molecule has 1 N–H and O–H groups in total. The number of nitrogens with zero attached hydrogens (tertiary/aromatic N) is 1. The van der Waals surface area contributed by atoms with Crippen molar-refractivity contribution < 1.29 is 17.6 Å². The van der Waals surface area contributed by atoms with Crippen molar-refractivity contribution in [1.82, 2.24) is 0 Å². The lowest BCUT2D eigenvalue weighted by Crippen LogP contribution is -2.14. The maximum absolute atomic E-state index is 13.7. The van der Waals surface area contributed by atoms with Crippen molar-refractivity contribution >= 4 is 33.6 Å². The molecule has 1 heterocycles. The molecule has 7 heteroatoms. The summed E-state index contributed by atoms with van der Waals surface area (Å²) < 4.78 is 37.4. The van der Waals surface area contributed by atoms with E-state index in [-0.39, 0.29) is 21.7 Å². The number of anilines is 1. The standard InChI is InChI=1S/C18H11FN2O3S/c19-16-4-2-1-3-13(16)9-14(11-20)18(22)21-15-6-5-12-7-8-25(23,24)17(12)10-15/h1-10H,(H,21,22). The van der Waals surface area contributed by atoms with Crippen LogP contribution in [0.25, 0.3) is 12.2 Å². The highest BCUT2D eigenvalue weighted by molar-refractivity contribution is 7.94. The van der Waals surface area contributed by atoms with Gasteiger partial charge in [-0.15, -0.1) is 0 Å². The van der Waals surface area contributed by atoms with Gasteiger partial charge in [-0.25, -0.2) is 12.8 Å². The average Bonchev–Trinajstić information content (AvgIpc) is 2.89. The average molecular weight is 354 g/mol. The molecular formula is C18H11FN2O3S. The lowest BCUT2D eigenvalue weighted by molar-refractivity contribution is -0.112. The molecular weight excluding hydrogens is 343 g/mol. The van der Waals surface area contributed by atoms with E-state index in [1.54, 1.807) is 18.2 Å². The van der Waals surface area contributed by atoms with E-state index in [2.05, 4.69) is 5.32 Å². The van der Waals surface area contributed by atoms with Gasteiger partial charge in [-0.1, -0.05) is 24.3 Å². The predicted molar refractivity (Wildman–Crippen MR) is 91.3 cm³/mol. The monoisotopic (exact) mass is 354 g/mol. The predicted octanol–water partition coefficient (Wildman–Crippen LogP) is 3.13. The van der Waals surface area contributed by atoms with Gasteiger partial charge in [-0.05, 0) is 35.9 Å². The van der Waals surface area contributed by atoms with Crippen LogP contribution in [-0.2, 0) is 14.6 Å². The van der Waals surface area contributed by atoms with Gasteiger partial charge in [0.1, 0.15) is 17.5 Å². The summed E-state index contributed by atoms with van der Waals surface area (Å²) in [5.74, 6) is -1.31. The van der Waals surface area contributed by atoms with E-state index in [1.807, 2.05) is 0 Å². The normalized spacial score (nSPS) is 14.6. The van der Waals surface area contributed by atoms with E-state index in [0.29, 0.717) is 5.56 Å². The summed E-state index contributed by atoms with van der Waals surface area (Å²) in [5, 5.41) is 12.7. The molecule has 0 aromatic heterocycles. The Morgan fingerprint density at radius 1 is 1.20 bits per heavy atom. The molecule has 3 rings (SSSR count). The summed E-state index contributed by atoms with van der Waals surface area (Å²) in [4.78, 5) is 12.3. The highest BCUT2D eigenvalue weighted by Crippen LogP contribution is 2.29. The lowest BCUT2D eigenvalue weighted by atomic mass is 10.1. The van der Waals surface area contributed by atoms with E-state index in [9.17, 15) is 17.6 Å². The number of rotatable bonds is 3. The fourth-order valence-electron chi connectivity index (χ4n) is 2.33. The van der Waals surface area contributed by atoms with Crippen LogP contribution < -0.4 is 5.32 Å². The number of nitriles is 1. The smallest absolute Gasteiger partial charge is 0.266 e. The fraction of sp³-hybridized carbons (Fsp3) is 0. The summed E-state index contributed by atoms with van der Waals surface area (Å²) in [6.07, 6.45) is 2.60. The van der Waals surface area contributed by atoms with Gasteiger partial charge in [-0.2, -0.15) is 5.26 Å². The number of carbonyl (C=O) groups excluding carboxylic acids is 1. The second-order valence-corrected chi connectivity index (χ2v) is 7.05. The molecule has 0 aliphatic carbocycles. The molecule has 2 aromatic rings. The third-order valence-corrected chi connectivity index (χ3v) is 5.04. The Labute approximate surface area is 143 Å². The molecule has 0 saturated heterocycles. The molecule has 0 bridgehead atoms. The molecule has 0 fully saturated rings. The van der Waals surface area contributed by atoms with Crippen LogP contribution in [0, 0.1) is 17.1 Å². The molecule has 1 aliphatic heterocycles. The van der Waals surface area contributed by atoms with E-state index >= 15 is 0 Å². The van der Waals surface area contributed by atoms with Gasteiger partial charge in [-0.3, -0.25) is 4.79 Å². The van der Waals surface area contributed by atoms with E-state index in [1.165, 1.54) is 36.4 Å². The summed E-state index contributed by atoms with van der Waals surface area (Å²) >= 11 is 0. The van der Waals surface area contributed by atoms with E-state index in [4.69, 9.17) is 5.26 Å². The molecule has 5 nitrogen and oxygen atoms in total. The van der Waals surface area contributed by atoms with Crippen molar-refractivity contribution in [3.63, 3.8) is 0 Å². The highest BCUT2D eigenvalue weighted by atomic mass is 32.2. The van der Waals surface area contributed by atoms with Crippen LogP contribution in [0.4, 0.5) is 10.1 Å². The zero-order chi connectivity index (χ0) is 18.0. The topological polar surface area (TPSA) is 87.0 Å². The first kappa shape index (κ1) is 16.6. The van der Waals surface area contributed by atoms with Crippen molar-refractivity contribution in [3.05, 3.63) is 70.4 Å². The fourth-order valence-corrected chi connectivity index (χ4v) is 3.56. The van der Waals surface area contributed by atoms with Crippen LogP contribution in [0.1, 0.15) is 11.1 Å². The number of carbonyl (C=O) groups is 1. The number of halogens is 1. The van der Waals surface area contributed by atoms with Crippen LogP contribution in [0.3, 0.4) is 0 Å². The zero-order valence-electron chi connectivity index (χ0n) is 12.7. The Balaban J connectivity index is 1.88. The Hall–Kier alpha value is -3.24. The maximum atomic E-state index is 13.7. The molecule has 0 unspecified atom stereocenters. The second-order valence-electron chi connectivity index (χ2n) is 5.25. The van der Waals surface area contributed by atoms with Gasteiger partial charge < -0.3 is 5.32 Å². The minimum Gasteiger partial charge on any atom is -0.321 e. The number of benzene rings is 2. The molecule has 2 aromatic carbocycles. The first-order valence-electron chi connectivity index (χ1n) is 7.15. The summed E-state index contributed by atoms with van der Waals surface area (Å²) in [5.41, 5.74) is 0.563. The van der Waals surface area contributed by atoms with Crippen molar-refractivity contribution in [1.29, 1.82) is 5.26 Å². The molecule has 124 valence electrons. The van der Waals surface area contributed by atoms with Gasteiger partial charge in [0.05, 0.1) is 4.90 Å². The third-order valence-electron chi connectivity index (χ3n) is 3.57. The van der Waals surface area contributed by atoms with Gasteiger partial charge in [0, 0.05) is 16.7 Å². The summed E-state index contributed by atoms with van der Waals surface area (Å²) in [7, 11) is -3.50. The highest BCUT2D eigenvalue weighted by Gasteiger charge is 2.21. The summed E-state index contributed by atoms with van der Waals surface area (Å²) in [6.45, 7) is 0. The number of fused-ring (bicyclic) bond motifs is 1. The zero-order valence-corrected chi connectivity index (χ0v) is 13.5. The lowest BCUT2D eigenvalue weighted by Gasteiger charge is -2.07. The molecule has 1 aliphatic rings. The molecule has 0 atom stereocenters. The molecule has 1 amide bonds. The summed E-state index contributed by atoms with van der Waals surface area (Å²) in [6, 6.07) is 11.9.